The number of fused-ring (bicyclic) bond motifs is 1. The molecule has 1 fully saturated rings. The van der Waals surface area contributed by atoms with Gasteiger partial charge < -0.3 is 0 Å². The first-order chi connectivity index (χ1) is 6.84. The Morgan fingerprint density at radius 1 is 1.36 bits per heavy atom. The van der Waals surface area contributed by atoms with E-state index in [4.69, 9.17) is 0 Å². The van der Waals surface area contributed by atoms with Crippen LogP contribution in [0.2, 0.25) is 0 Å². The molecule has 0 aliphatic heterocycles. The Morgan fingerprint density at radius 3 is 3.00 bits per heavy atom. The monoisotopic (exact) mass is 266 g/mol. The van der Waals surface area contributed by atoms with Crippen LogP contribution in [-0.2, 0) is 6.42 Å². The van der Waals surface area contributed by atoms with E-state index in [2.05, 4.69) is 39.5 Å². The molecular weight excluding hydrogens is 256 g/mol. The van der Waals surface area contributed by atoms with Crippen molar-refractivity contribution >= 4 is 37.4 Å². The van der Waals surface area contributed by atoms with Crippen LogP contribution in [-0.4, -0.2) is 0 Å². The summed E-state index contributed by atoms with van der Waals surface area (Å²) < 4.78 is 2.67. The van der Waals surface area contributed by atoms with Crippen LogP contribution in [0.15, 0.2) is 28.1 Å². The zero-order valence-electron chi connectivity index (χ0n) is 7.79. The van der Waals surface area contributed by atoms with Gasteiger partial charge in [-0.1, -0.05) is 22.0 Å². The molecule has 0 amide bonds. The second-order valence-corrected chi connectivity index (χ2v) is 5.79. The minimum absolute atomic E-state index is 0.972. The topological polar surface area (TPSA) is 0 Å². The average molecular weight is 267 g/mol. The predicted octanol–water partition coefficient (Wildman–Crippen LogP) is 4.62. The van der Waals surface area contributed by atoms with Crippen molar-refractivity contribution in [3.05, 3.63) is 33.6 Å². The van der Waals surface area contributed by atoms with E-state index < -0.39 is 0 Å². The lowest BCUT2D eigenvalue weighted by molar-refractivity contribution is 0.841. The molecule has 0 nitrogen and oxygen atoms in total. The van der Waals surface area contributed by atoms with Gasteiger partial charge in [-0.3, -0.25) is 0 Å². The molecule has 0 atom stereocenters. The first kappa shape index (κ1) is 8.93. The van der Waals surface area contributed by atoms with Crippen LogP contribution in [0, 0.1) is 5.92 Å². The molecule has 1 aromatic heterocycles. The van der Waals surface area contributed by atoms with Crippen molar-refractivity contribution in [1.29, 1.82) is 0 Å². The maximum atomic E-state index is 3.64. The summed E-state index contributed by atoms with van der Waals surface area (Å²) in [7, 11) is 0. The van der Waals surface area contributed by atoms with Gasteiger partial charge in [0.15, 0.2) is 0 Å². The molecule has 0 bridgehead atoms. The van der Waals surface area contributed by atoms with E-state index in [0.29, 0.717) is 0 Å². The summed E-state index contributed by atoms with van der Waals surface area (Å²) in [6.07, 6.45) is 4.15. The Morgan fingerprint density at radius 2 is 2.21 bits per heavy atom. The molecule has 0 saturated heterocycles. The summed E-state index contributed by atoms with van der Waals surface area (Å²) in [5.74, 6) is 0.972. The van der Waals surface area contributed by atoms with E-state index in [0.717, 1.165) is 5.92 Å². The first-order valence-corrected chi connectivity index (χ1v) is 6.66. The lowest BCUT2D eigenvalue weighted by atomic mass is 10.1. The number of thiophene rings is 1. The minimum atomic E-state index is 0.972. The molecular formula is C12H11BrS. The van der Waals surface area contributed by atoms with Crippen molar-refractivity contribution in [3.63, 3.8) is 0 Å². The molecule has 1 heterocycles. The Labute approximate surface area is 96.1 Å². The molecule has 1 aliphatic rings. The van der Waals surface area contributed by atoms with Crippen LogP contribution in [0.5, 0.6) is 0 Å². The highest BCUT2D eigenvalue weighted by Gasteiger charge is 2.23. The predicted molar refractivity (Wildman–Crippen MR) is 66.0 cm³/mol. The Kier molecular flexibility index (Phi) is 2.14. The SMILES string of the molecule is Brc1cccc2scc(CC3CC3)c12. The van der Waals surface area contributed by atoms with Gasteiger partial charge in [-0.15, -0.1) is 11.3 Å². The van der Waals surface area contributed by atoms with Crippen molar-refractivity contribution < 1.29 is 0 Å². The number of rotatable bonds is 2. The second kappa shape index (κ2) is 3.35. The molecule has 3 rings (SSSR count). The largest absolute Gasteiger partial charge is 0.143 e. The van der Waals surface area contributed by atoms with Crippen molar-refractivity contribution in [2.24, 2.45) is 5.92 Å². The molecule has 72 valence electrons. The number of benzene rings is 1. The van der Waals surface area contributed by atoms with Crippen molar-refractivity contribution in [1.82, 2.24) is 0 Å². The fraction of sp³-hybridized carbons (Fsp3) is 0.333. The highest BCUT2D eigenvalue weighted by atomic mass is 79.9. The van der Waals surface area contributed by atoms with Gasteiger partial charge in [0.2, 0.25) is 0 Å². The average Bonchev–Trinajstić information content (AvgIpc) is 2.88. The van der Waals surface area contributed by atoms with Crippen LogP contribution < -0.4 is 0 Å². The molecule has 14 heavy (non-hydrogen) atoms. The first-order valence-electron chi connectivity index (χ1n) is 4.99. The van der Waals surface area contributed by atoms with Crippen LogP contribution in [0.25, 0.3) is 10.1 Å². The minimum Gasteiger partial charge on any atom is -0.143 e. The zero-order chi connectivity index (χ0) is 9.54. The third-order valence-corrected chi connectivity index (χ3v) is 4.49. The molecule has 1 aromatic carbocycles. The molecule has 0 N–H and O–H groups in total. The maximum Gasteiger partial charge on any atom is 0.0356 e. The van der Waals surface area contributed by atoms with Crippen LogP contribution in [0.1, 0.15) is 18.4 Å². The number of hydrogen-bond donors (Lipinski definition) is 0. The van der Waals surface area contributed by atoms with Crippen LogP contribution in [0.4, 0.5) is 0 Å². The fourth-order valence-electron chi connectivity index (χ4n) is 1.89. The van der Waals surface area contributed by atoms with Crippen LogP contribution >= 0.6 is 27.3 Å². The normalized spacial score (nSPS) is 16.4. The van der Waals surface area contributed by atoms with E-state index in [9.17, 15) is 0 Å². The van der Waals surface area contributed by atoms with Crippen molar-refractivity contribution in [3.8, 4) is 0 Å². The summed E-state index contributed by atoms with van der Waals surface area (Å²) in [5, 5.41) is 3.78. The third kappa shape index (κ3) is 1.51. The van der Waals surface area contributed by atoms with Gasteiger partial charge in [0.25, 0.3) is 0 Å². The highest BCUT2D eigenvalue weighted by Crippen LogP contribution is 2.38. The quantitative estimate of drug-likeness (QED) is 0.745. The van der Waals surface area contributed by atoms with Gasteiger partial charge in [0, 0.05) is 14.6 Å². The van der Waals surface area contributed by atoms with E-state index in [1.807, 2.05) is 11.3 Å². The maximum absolute atomic E-state index is 3.64. The highest BCUT2D eigenvalue weighted by molar-refractivity contribution is 9.10. The lowest BCUT2D eigenvalue weighted by Gasteiger charge is -1.99. The van der Waals surface area contributed by atoms with Gasteiger partial charge in [0.1, 0.15) is 0 Å². The standard InChI is InChI=1S/C12H11BrS/c13-10-2-1-3-11-12(10)9(7-14-11)6-8-4-5-8/h1-3,7-8H,4-6H2. The Hall–Kier alpha value is -0.340. The molecule has 2 aromatic rings. The van der Waals surface area contributed by atoms with E-state index >= 15 is 0 Å². The zero-order valence-corrected chi connectivity index (χ0v) is 10.2. The molecule has 0 unspecified atom stereocenters. The summed E-state index contributed by atoms with van der Waals surface area (Å²) in [4.78, 5) is 0. The van der Waals surface area contributed by atoms with Crippen LogP contribution in [0.3, 0.4) is 0 Å². The molecule has 2 heteroatoms. The van der Waals surface area contributed by atoms with Gasteiger partial charge >= 0.3 is 0 Å². The van der Waals surface area contributed by atoms with Crippen molar-refractivity contribution in [2.75, 3.05) is 0 Å². The summed E-state index contributed by atoms with van der Waals surface area (Å²) >= 11 is 5.51. The van der Waals surface area contributed by atoms with E-state index in [1.165, 1.54) is 33.8 Å². The molecule has 1 saturated carbocycles. The summed E-state index contributed by atoms with van der Waals surface area (Å²) in [6, 6.07) is 6.47. The van der Waals surface area contributed by atoms with Gasteiger partial charge in [-0.2, -0.15) is 0 Å². The van der Waals surface area contributed by atoms with Gasteiger partial charge in [-0.25, -0.2) is 0 Å². The number of halogens is 1. The summed E-state index contributed by atoms with van der Waals surface area (Å²) in [6.45, 7) is 0. The molecule has 0 radical (unpaired) electrons. The van der Waals surface area contributed by atoms with E-state index in [-0.39, 0.29) is 0 Å². The third-order valence-electron chi connectivity index (χ3n) is 2.83. The Bertz CT molecular complexity index is 468. The number of hydrogen-bond acceptors (Lipinski definition) is 1. The van der Waals surface area contributed by atoms with Gasteiger partial charge in [0.05, 0.1) is 0 Å². The molecule has 0 spiro atoms. The second-order valence-electron chi connectivity index (χ2n) is 4.02. The van der Waals surface area contributed by atoms with E-state index in [1.54, 1.807) is 5.56 Å². The summed E-state index contributed by atoms with van der Waals surface area (Å²) in [5.41, 5.74) is 1.54. The Balaban J connectivity index is 2.13. The lowest BCUT2D eigenvalue weighted by Crippen LogP contribution is -1.84. The van der Waals surface area contributed by atoms with Gasteiger partial charge in [-0.05, 0) is 48.3 Å². The molecule has 1 aliphatic carbocycles. The smallest absolute Gasteiger partial charge is 0.0356 e. The van der Waals surface area contributed by atoms with Crippen molar-refractivity contribution in [2.45, 2.75) is 19.3 Å². The fourth-order valence-corrected chi connectivity index (χ4v) is 3.64.